The van der Waals surface area contributed by atoms with Crippen LogP contribution in [0.4, 0.5) is 4.39 Å². The molecule has 1 N–H and O–H groups in total. The molecule has 0 fully saturated rings. The monoisotopic (exact) mass is 218 g/mol. The summed E-state index contributed by atoms with van der Waals surface area (Å²) in [6.07, 6.45) is 1.42. The zero-order valence-corrected chi connectivity index (χ0v) is 8.51. The molecule has 0 aromatic carbocycles. The van der Waals surface area contributed by atoms with E-state index in [0.29, 0.717) is 0 Å². The minimum absolute atomic E-state index is 0.0263. The third-order valence-corrected chi connectivity index (χ3v) is 3.02. The quantitative estimate of drug-likeness (QED) is 0.807. The van der Waals surface area contributed by atoms with E-state index in [1.54, 1.807) is 0 Å². The number of hydrogen-bond acceptors (Lipinski definition) is 3. The lowest BCUT2D eigenvalue weighted by Crippen LogP contribution is -2.25. The van der Waals surface area contributed by atoms with Gasteiger partial charge in [0, 0.05) is 6.20 Å². The number of hydrogen-bond donors (Lipinski definition) is 1. The van der Waals surface area contributed by atoms with Gasteiger partial charge in [-0.3, -0.25) is 4.98 Å². The molecule has 0 aliphatic heterocycles. The smallest absolute Gasteiger partial charge is 0.211 e. The van der Waals surface area contributed by atoms with E-state index < -0.39 is 15.8 Å². The number of aromatic nitrogens is 1. The zero-order valence-electron chi connectivity index (χ0n) is 7.70. The van der Waals surface area contributed by atoms with Crippen LogP contribution in [0.25, 0.3) is 0 Å². The van der Waals surface area contributed by atoms with E-state index in [9.17, 15) is 12.8 Å². The molecule has 6 heteroatoms. The van der Waals surface area contributed by atoms with Crippen LogP contribution in [0.1, 0.15) is 12.6 Å². The van der Waals surface area contributed by atoms with E-state index in [0.717, 1.165) is 0 Å². The van der Waals surface area contributed by atoms with Crippen LogP contribution in [0.3, 0.4) is 0 Å². The number of rotatable bonds is 4. The van der Waals surface area contributed by atoms with Crippen LogP contribution in [0.15, 0.2) is 18.3 Å². The van der Waals surface area contributed by atoms with Gasteiger partial charge in [-0.25, -0.2) is 17.5 Å². The predicted octanol–water partition coefficient (Wildman–Crippen LogP) is 0.660. The van der Waals surface area contributed by atoms with Crippen LogP contribution in [-0.2, 0) is 16.6 Å². The molecule has 1 aromatic heterocycles. The summed E-state index contributed by atoms with van der Waals surface area (Å²) in [7, 11) is -3.29. The van der Waals surface area contributed by atoms with Crippen molar-refractivity contribution in [2.45, 2.75) is 13.5 Å². The van der Waals surface area contributed by atoms with Crippen molar-refractivity contribution in [2.75, 3.05) is 5.75 Å². The highest BCUT2D eigenvalue weighted by Crippen LogP contribution is 2.02. The van der Waals surface area contributed by atoms with Gasteiger partial charge in [-0.1, -0.05) is 0 Å². The molecule has 0 bridgehead atoms. The molecular formula is C8H11FN2O2S. The van der Waals surface area contributed by atoms with Crippen molar-refractivity contribution >= 4 is 10.0 Å². The standard InChI is InChI=1S/C8H11FN2O2S/c1-2-14(12,13)11-6-8-7(9)4-3-5-10-8/h3-5,11H,2,6H2,1H3. The molecule has 0 saturated heterocycles. The minimum atomic E-state index is -3.29. The topological polar surface area (TPSA) is 59.1 Å². The maximum absolute atomic E-state index is 13.0. The Morgan fingerprint density at radius 2 is 2.29 bits per heavy atom. The molecule has 4 nitrogen and oxygen atoms in total. The summed E-state index contributed by atoms with van der Waals surface area (Å²) in [6, 6.07) is 2.69. The Morgan fingerprint density at radius 3 is 2.86 bits per heavy atom. The van der Waals surface area contributed by atoms with E-state index in [1.807, 2.05) is 0 Å². The lowest BCUT2D eigenvalue weighted by molar-refractivity contribution is 0.570. The molecule has 0 radical (unpaired) electrons. The molecule has 0 aliphatic carbocycles. The largest absolute Gasteiger partial charge is 0.257 e. The Hall–Kier alpha value is -1.01. The van der Waals surface area contributed by atoms with Crippen LogP contribution < -0.4 is 4.72 Å². The van der Waals surface area contributed by atoms with Gasteiger partial charge in [0.1, 0.15) is 5.82 Å². The Kier molecular flexibility index (Phi) is 3.54. The zero-order chi connectivity index (χ0) is 10.6. The number of pyridine rings is 1. The van der Waals surface area contributed by atoms with Gasteiger partial charge in [-0.15, -0.1) is 0 Å². The molecule has 0 atom stereocenters. The summed E-state index contributed by atoms with van der Waals surface area (Å²) in [4.78, 5) is 3.71. The van der Waals surface area contributed by atoms with Gasteiger partial charge in [-0.05, 0) is 19.1 Å². The molecule has 1 heterocycles. The molecule has 0 aliphatic rings. The molecule has 1 rings (SSSR count). The average molecular weight is 218 g/mol. The molecule has 0 unspecified atom stereocenters. The van der Waals surface area contributed by atoms with Gasteiger partial charge in [0.2, 0.25) is 10.0 Å². The lowest BCUT2D eigenvalue weighted by Gasteiger charge is -2.03. The van der Waals surface area contributed by atoms with Crippen molar-refractivity contribution in [3.8, 4) is 0 Å². The minimum Gasteiger partial charge on any atom is -0.257 e. The second kappa shape index (κ2) is 4.47. The number of nitrogens with one attached hydrogen (secondary N) is 1. The maximum atomic E-state index is 13.0. The third-order valence-electron chi connectivity index (χ3n) is 1.67. The Labute approximate surface area is 82.2 Å². The normalized spacial score (nSPS) is 11.6. The lowest BCUT2D eigenvalue weighted by atomic mass is 10.3. The first kappa shape index (κ1) is 11.1. The summed E-state index contributed by atoms with van der Waals surface area (Å²) in [5, 5.41) is 0. The Morgan fingerprint density at radius 1 is 1.57 bits per heavy atom. The fourth-order valence-corrected chi connectivity index (χ4v) is 1.39. The van der Waals surface area contributed by atoms with Crippen molar-refractivity contribution < 1.29 is 12.8 Å². The van der Waals surface area contributed by atoms with E-state index >= 15 is 0 Å². The van der Waals surface area contributed by atoms with Crippen molar-refractivity contribution in [1.29, 1.82) is 0 Å². The highest BCUT2D eigenvalue weighted by Gasteiger charge is 2.08. The van der Waals surface area contributed by atoms with E-state index in [4.69, 9.17) is 0 Å². The molecule has 78 valence electrons. The van der Waals surface area contributed by atoms with Gasteiger partial charge in [-0.2, -0.15) is 0 Å². The van der Waals surface area contributed by atoms with Crippen LogP contribution in [0, 0.1) is 5.82 Å². The van der Waals surface area contributed by atoms with Crippen molar-refractivity contribution in [3.63, 3.8) is 0 Å². The highest BCUT2D eigenvalue weighted by atomic mass is 32.2. The summed E-state index contributed by atoms with van der Waals surface area (Å²) in [5.74, 6) is -0.534. The van der Waals surface area contributed by atoms with Crippen LogP contribution in [-0.4, -0.2) is 19.2 Å². The third kappa shape index (κ3) is 3.04. The van der Waals surface area contributed by atoms with Crippen LogP contribution >= 0.6 is 0 Å². The second-order valence-electron chi connectivity index (χ2n) is 2.66. The molecule has 0 saturated carbocycles. The van der Waals surface area contributed by atoms with E-state index in [-0.39, 0.29) is 18.0 Å². The predicted molar refractivity (Wildman–Crippen MR) is 50.5 cm³/mol. The molecule has 0 amide bonds. The van der Waals surface area contributed by atoms with Crippen LogP contribution in [0.2, 0.25) is 0 Å². The SMILES string of the molecule is CCS(=O)(=O)NCc1ncccc1F. The summed E-state index contributed by atoms with van der Waals surface area (Å²) < 4.78 is 37.3. The number of nitrogens with zero attached hydrogens (tertiary/aromatic N) is 1. The first-order chi connectivity index (χ1) is 6.55. The van der Waals surface area contributed by atoms with E-state index in [1.165, 1.54) is 25.3 Å². The van der Waals surface area contributed by atoms with Crippen molar-refractivity contribution in [3.05, 3.63) is 29.8 Å². The van der Waals surface area contributed by atoms with Gasteiger partial charge in [0.05, 0.1) is 18.0 Å². The van der Waals surface area contributed by atoms with Crippen molar-refractivity contribution in [2.24, 2.45) is 0 Å². The van der Waals surface area contributed by atoms with Gasteiger partial charge < -0.3 is 0 Å². The summed E-state index contributed by atoms with van der Waals surface area (Å²) >= 11 is 0. The second-order valence-corrected chi connectivity index (χ2v) is 4.75. The highest BCUT2D eigenvalue weighted by molar-refractivity contribution is 7.89. The molecule has 0 spiro atoms. The Bertz CT molecular complexity index is 406. The van der Waals surface area contributed by atoms with E-state index in [2.05, 4.69) is 9.71 Å². The first-order valence-corrected chi connectivity index (χ1v) is 5.77. The van der Waals surface area contributed by atoms with Gasteiger partial charge in [0.25, 0.3) is 0 Å². The summed E-state index contributed by atoms with van der Waals surface area (Å²) in [6.45, 7) is 1.40. The first-order valence-electron chi connectivity index (χ1n) is 4.12. The van der Waals surface area contributed by atoms with Crippen LogP contribution in [0.5, 0.6) is 0 Å². The Balaban J connectivity index is 2.68. The number of halogens is 1. The van der Waals surface area contributed by atoms with Gasteiger partial charge >= 0.3 is 0 Å². The average Bonchev–Trinajstić information content (AvgIpc) is 2.17. The number of sulfonamides is 1. The maximum Gasteiger partial charge on any atom is 0.211 e. The molecule has 14 heavy (non-hydrogen) atoms. The fraction of sp³-hybridized carbons (Fsp3) is 0.375. The molecular weight excluding hydrogens is 207 g/mol. The summed E-state index contributed by atoms with van der Waals surface area (Å²) in [5.41, 5.74) is 0.101. The van der Waals surface area contributed by atoms with Gasteiger partial charge in [0.15, 0.2) is 0 Å². The fourth-order valence-electron chi connectivity index (χ4n) is 0.829. The van der Waals surface area contributed by atoms with Crippen molar-refractivity contribution in [1.82, 2.24) is 9.71 Å². The molecule has 1 aromatic rings.